The molecule has 2 nitrogen and oxygen atoms in total. The average molecular weight is 333 g/mol. The molecule has 0 aromatic heterocycles. The van der Waals surface area contributed by atoms with Crippen LogP contribution in [-0.4, -0.2) is 7.11 Å². The highest BCUT2D eigenvalue weighted by atomic mass is 79.9. The summed E-state index contributed by atoms with van der Waals surface area (Å²) in [5.41, 5.74) is 3.38. The largest absolute Gasteiger partial charge is 0.493 e. The maximum absolute atomic E-state index is 5.88. The van der Waals surface area contributed by atoms with Crippen molar-refractivity contribution in [3.05, 3.63) is 64.1 Å². The molecule has 0 spiro atoms. The van der Waals surface area contributed by atoms with Gasteiger partial charge < -0.3 is 9.47 Å². The third kappa shape index (κ3) is 3.64. The van der Waals surface area contributed by atoms with Crippen LogP contribution in [0.5, 0.6) is 11.5 Å². The summed E-state index contributed by atoms with van der Waals surface area (Å²) in [6, 6.07) is 14.1. The molecule has 0 aliphatic carbocycles. The molecular formula is C17H17BrO2. The maximum atomic E-state index is 5.88. The fourth-order valence-electron chi connectivity index (χ4n) is 1.93. The third-order valence-corrected chi connectivity index (χ3v) is 3.30. The molecule has 0 saturated heterocycles. The zero-order chi connectivity index (χ0) is 14.4. The van der Waals surface area contributed by atoms with Crippen molar-refractivity contribution >= 4 is 22.0 Å². The molecule has 0 aliphatic heterocycles. The summed E-state index contributed by atoms with van der Waals surface area (Å²) in [5.74, 6) is 1.51. The Morgan fingerprint density at radius 1 is 1.10 bits per heavy atom. The number of benzene rings is 2. The Morgan fingerprint density at radius 3 is 2.50 bits per heavy atom. The number of hydrogen-bond donors (Lipinski definition) is 0. The van der Waals surface area contributed by atoms with E-state index in [0.717, 1.165) is 28.2 Å². The Labute approximate surface area is 128 Å². The first-order valence-electron chi connectivity index (χ1n) is 6.36. The lowest BCUT2D eigenvalue weighted by Crippen LogP contribution is -1.98. The second-order valence-corrected chi connectivity index (χ2v) is 4.96. The smallest absolute Gasteiger partial charge is 0.162 e. The minimum absolute atomic E-state index is 0.526. The number of methoxy groups -OCH3 is 1. The van der Waals surface area contributed by atoms with Gasteiger partial charge in [-0.2, -0.15) is 0 Å². The van der Waals surface area contributed by atoms with Crippen molar-refractivity contribution < 1.29 is 9.47 Å². The Kier molecular flexibility index (Phi) is 5.24. The van der Waals surface area contributed by atoms with Crippen molar-refractivity contribution in [1.29, 1.82) is 0 Å². The van der Waals surface area contributed by atoms with Gasteiger partial charge in [-0.25, -0.2) is 0 Å². The Balaban J connectivity index is 2.23. The topological polar surface area (TPSA) is 18.5 Å². The van der Waals surface area contributed by atoms with Gasteiger partial charge in [0.05, 0.1) is 7.11 Å². The van der Waals surface area contributed by atoms with Crippen molar-refractivity contribution in [3.63, 3.8) is 0 Å². The van der Waals surface area contributed by atoms with Crippen molar-refractivity contribution in [3.8, 4) is 11.5 Å². The van der Waals surface area contributed by atoms with Gasteiger partial charge in [-0.3, -0.25) is 0 Å². The van der Waals surface area contributed by atoms with Gasteiger partial charge in [-0.05, 0) is 46.8 Å². The zero-order valence-electron chi connectivity index (χ0n) is 11.6. The van der Waals surface area contributed by atoms with E-state index < -0.39 is 0 Å². The van der Waals surface area contributed by atoms with Gasteiger partial charge in [0.25, 0.3) is 0 Å². The van der Waals surface area contributed by atoms with E-state index in [2.05, 4.69) is 15.9 Å². The SMILES string of the molecule is COc1cc(C)c(/C=C/Br)cc1OCc1ccccc1. The number of aryl methyl sites for hydroxylation is 1. The van der Waals surface area contributed by atoms with E-state index in [1.165, 1.54) is 0 Å². The minimum atomic E-state index is 0.526. The van der Waals surface area contributed by atoms with Crippen LogP contribution in [0.4, 0.5) is 0 Å². The van der Waals surface area contributed by atoms with Crippen LogP contribution in [0.1, 0.15) is 16.7 Å². The van der Waals surface area contributed by atoms with Crippen LogP contribution in [-0.2, 0) is 6.61 Å². The Hall–Kier alpha value is -1.74. The Bertz CT molecular complexity index is 591. The first-order valence-corrected chi connectivity index (χ1v) is 7.28. The normalized spacial score (nSPS) is 10.8. The molecule has 0 fully saturated rings. The molecule has 0 saturated carbocycles. The van der Waals surface area contributed by atoms with Crippen LogP contribution in [0.25, 0.3) is 6.08 Å². The lowest BCUT2D eigenvalue weighted by Gasteiger charge is -2.13. The fourth-order valence-corrected chi connectivity index (χ4v) is 2.22. The van der Waals surface area contributed by atoms with E-state index in [0.29, 0.717) is 6.61 Å². The van der Waals surface area contributed by atoms with Crippen LogP contribution in [0, 0.1) is 6.92 Å². The highest BCUT2D eigenvalue weighted by Crippen LogP contribution is 2.32. The van der Waals surface area contributed by atoms with Crippen molar-refractivity contribution in [2.75, 3.05) is 7.11 Å². The van der Waals surface area contributed by atoms with Crippen LogP contribution >= 0.6 is 15.9 Å². The lowest BCUT2D eigenvalue weighted by atomic mass is 10.1. The molecule has 0 aliphatic rings. The summed E-state index contributed by atoms with van der Waals surface area (Å²) in [5, 5.41) is 0. The first-order chi connectivity index (χ1) is 9.74. The van der Waals surface area contributed by atoms with Crippen LogP contribution in [0.3, 0.4) is 0 Å². The van der Waals surface area contributed by atoms with Gasteiger partial charge in [-0.1, -0.05) is 46.3 Å². The molecule has 0 N–H and O–H groups in total. The van der Waals surface area contributed by atoms with E-state index in [1.807, 2.05) is 60.4 Å². The summed E-state index contributed by atoms with van der Waals surface area (Å²) in [7, 11) is 1.66. The maximum Gasteiger partial charge on any atom is 0.162 e. The van der Waals surface area contributed by atoms with Gasteiger partial charge >= 0.3 is 0 Å². The molecule has 0 unspecified atom stereocenters. The van der Waals surface area contributed by atoms with Crippen LogP contribution < -0.4 is 9.47 Å². The molecule has 104 valence electrons. The minimum Gasteiger partial charge on any atom is -0.493 e. The molecular weight excluding hydrogens is 316 g/mol. The molecule has 0 atom stereocenters. The van der Waals surface area contributed by atoms with E-state index in [-0.39, 0.29) is 0 Å². The number of hydrogen-bond acceptors (Lipinski definition) is 2. The summed E-state index contributed by atoms with van der Waals surface area (Å²) >= 11 is 3.30. The predicted octanol–water partition coefficient (Wildman–Crippen LogP) is 4.95. The standard InChI is InChI=1S/C17H17BrO2/c1-13-10-16(19-2)17(11-15(13)8-9-18)20-12-14-6-4-3-5-7-14/h3-11H,12H2,1-2H3/b9-8+. The number of ether oxygens (including phenoxy) is 2. The first kappa shape index (κ1) is 14.7. The van der Waals surface area contributed by atoms with E-state index in [1.54, 1.807) is 7.11 Å². The number of rotatable bonds is 5. The van der Waals surface area contributed by atoms with Gasteiger partial charge in [-0.15, -0.1) is 0 Å². The monoisotopic (exact) mass is 332 g/mol. The highest BCUT2D eigenvalue weighted by molar-refractivity contribution is 9.11. The Morgan fingerprint density at radius 2 is 1.85 bits per heavy atom. The van der Waals surface area contributed by atoms with E-state index in [9.17, 15) is 0 Å². The van der Waals surface area contributed by atoms with E-state index >= 15 is 0 Å². The molecule has 2 aromatic rings. The van der Waals surface area contributed by atoms with Crippen LogP contribution in [0.2, 0.25) is 0 Å². The molecule has 0 heterocycles. The van der Waals surface area contributed by atoms with Gasteiger partial charge in [0, 0.05) is 0 Å². The second-order valence-electron chi connectivity index (χ2n) is 4.43. The third-order valence-electron chi connectivity index (χ3n) is 3.03. The van der Waals surface area contributed by atoms with Gasteiger partial charge in [0.2, 0.25) is 0 Å². The summed E-state index contributed by atoms with van der Waals surface area (Å²) < 4.78 is 11.3. The molecule has 0 amide bonds. The highest BCUT2D eigenvalue weighted by Gasteiger charge is 2.08. The average Bonchev–Trinajstić information content (AvgIpc) is 2.48. The molecule has 3 heteroatoms. The summed E-state index contributed by atoms with van der Waals surface area (Å²) in [4.78, 5) is 1.84. The number of halogens is 1. The van der Waals surface area contributed by atoms with Gasteiger partial charge in [0.1, 0.15) is 6.61 Å². The van der Waals surface area contributed by atoms with Crippen molar-refractivity contribution in [1.82, 2.24) is 0 Å². The molecule has 2 aromatic carbocycles. The lowest BCUT2D eigenvalue weighted by molar-refractivity contribution is 0.284. The molecule has 20 heavy (non-hydrogen) atoms. The quantitative estimate of drug-likeness (QED) is 0.771. The molecule has 0 bridgehead atoms. The zero-order valence-corrected chi connectivity index (χ0v) is 13.2. The second kappa shape index (κ2) is 7.15. The molecule has 2 rings (SSSR count). The van der Waals surface area contributed by atoms with Crippen molar-refractivity contribution in [2.24, 2.45) is 0 Å². The molecule has 0 radical (unpaired) electrons. The van der Waals surface area contributed by atoms with Crippen LogP contribution in [0.15, 0.2) is 47.4 Å². The summed E-state index contributed by atoms with van der Waals surface area (Å²) in [6.45, 7) is 2.57. The predicted molar refractivity (Wildman–Crippen MR) is 86.5 cm³/mol. The van der Waals surface area contributed by atoms with E-state index in [4.69, 9.17) is 9.47 Å². The van der Waals surface area contributed by atoms with Crippen molar-refractivity contribution in [2.45, 2.75) is 13.5 Å². The fraction of sp³-hybridized carbons (Fsp3) is 0.176. The summed E-state index contributed by atoms with van der Waals surface area (Å²) in [6.07, 6.45) is 1.99. The van der Waals surface area contributed by atoms with Gasteiger partial charge in [0.15, 0.2) is 11.5 Å².